The molecular weight excluding hydrogens is 365 g/mol. The Kier molecular flexibility index (Phi) is 4.09. The Morgan fingerprint density at radius 1 is 1.14 bits per heavy atom. The van der Waals surface area contributed by atoms with E-state index in [1.165, 1.54) is 0 Å². The quantitative estimate of drug-likeness (QED) is 0.431. The Balaban J connectivity index is 1.58. The van der Waals surface area contributed by atoms with E-state index < -0.39 is 5.67 Å². The number of pyridine rings is 2. The predicted molar refractivity (Wildman–Crippen MR) is 110 cm³/mol. The van der Waals surface area contributed by atoms with E-state index in [0.717, 1.165) is 34.0 Å². The highest BCUT2D eigenvalue weighted by Gasteiger charge is 2.37. The van der Waals surface area contributed by atoms with E-state index in [1.807, 2.05) is 42.6 Å². The first-order chi connectivity index (χ1) is 14.1. The number of halogens is 1. The zero-order chi connectivity index (χ0) is 19.8. The molecule has 1 saturated carbocycles. The van der Waals surface area contributed by atoms with Crippen molar-refractivity contribution in [1.82, 2.24) is 19.7 Å². The second-order valence-electron chi connectivity index (χ2n) is 7.52. The van der Waals surface area contributed by atoms with Gasteiger partial charge in [0.05, 0.1) is 18.3 Å². The van der Waals surface area contributed by atoms with E-state index in [0.29, 0.717) is 24.4 Å². The third kappa shape index (κ3) is 3.25. The standard InChI is InChI=1S/C23H18FN5/c1-25-21-8-7-19(18-13-27-29(14-18)15-23(24)9-3-10-23)22(28-21)17-6-5-16-4-2-11-26-20(16)12-17/h2,4-8,11-14H,3,9-10,15H2. The topological polar surface area (TPSA) is 48.0 Å². The average molecular weight is 383 g/mol. The van der Waals surface area contributed by atoms with Gasteiger partial charge in [0.25, 0.3) is 5.82 Å². The van der Waals surface area contributed by atoms with Crippen LogP contribution in [0, 0.1) is 6.57 Å². The summed E-state index contributed by atoms with van der Waals surface area (Å²) in [4.78, 5) is 12.5. The predicted octanol–water partition coefficient (Wildman–Crippen LogP) is 5.60. The molecule has 5 rings (SSSR count). The van der Waals surface area contributed by atoms with Crippen molar-refractivity contribution in [3.05, 3.63) is 72.5 Å². The highest BCUT2D eigenvalue weighted by Crippen LogP contribution is 2.38. The number of fused-ring (bicyclic) bond motifs is 1. The first kappa shape index (κ1) is 17.5. The molecule has 0 spiro atoms. The number of alkyl halides is 1. The van der Waals surface area contributed by atoms with Crippen molar-refractivity contribution in [1.29, 1.82) is 0 Å². The number of rotatable bonds is 4. The van der Waals surface area contributed by atoms with Crippen LogP contribution in [-0.2, 0) is 6.54 Å². The molecule has 29 heavy (non-hydrogen) atoms. The zero-order valence-corrected chi connectivity index (χ0v) is 15.7. The second kappa shape index (κ2) is 6.78. The molecule has 142 valence electrons. The molecule has 0 bridgehead atoms. The van der Waals surface area contributed by atoms with Crippen LogP contribution in [0.4, 0.5) is 10.2 Å². The minimum Gasteiger partial charge on any atom is -0.361 e. The summed E-state index contributed by atoms with van der Waals surface area (Å²) in [6.07, 6.45) is 7.48. The van der Waals surface area contributed by atoms with Crippen molar-refractivity contribution in [2.75, 3.05) is 0 Å². The summed E-state index contributed by atoms with van der Waals surface area (Å²) < 4.78 is 16.2. The van der Waals surface area contributed by atoms with E-state index in [-0.39, 0.29) is 6.54 Å². The maximum absolute atomic E-state index is 14.5. The summed E-state index contributed by atoms with van der Waals surface area (Å²) in [6.45, 7) is 7.61. The molecule has 3 heterocycles. The average Bonchev–Trinajstić information content (AvgIpc) is 3.20. The largest absolute Gasteiger partial charge is 0.361 e. The molecule has 6 heteroatoms. The highest BCUT2D eigenvalue weighted by atomic mass is 19.1. The van der Waals surface area contributed by atoms with Crippen LogP contribution in [-0.4, -0.2) is 25.4 Å². The number of nitrogens with zero attached hydrogens (tertiary/aromatic N) is 5. The molecular formula is C23H18FN5. The molecule has 0 N–H and O–H groups in total. The van der Waals surface area contributed by atoms with Crippen LogP contribution in [0.15, 0.2) is 61.1 Å². The Bertz CT molecular complexity index is 1250. The van der Waals surface area contributed by atoms with Crippen molar-refractivity contribution in [2.45, 2.75) is 31.5 Å². The summed E-state index contributed by atoms with van der Waals surface area (Å²) >= 11 is 0. The van der Waals surface area contributed by atoms with E-state index in [4.69, 9.17) is 6.57 Å². The molecule has 4 aromatic rings. The van der Waals surface area contributed by atoms with Gasteiger partial charge in [-0.2, -0.15) is 5.10 Å². The first-order valence-corrected chi connectivity index (χ1v) is 9.59. The molecule has 1 aliphatic carbocycles. The molecule has 1 aliphatic rings. The molecule has 0 saturated heterocycles. The first-order valence-electron chi connectivity index (χ1n) is 9.59. The molecule has 5 nitrogen and oxygen atoms in total. The van der Waals surface area contributed by atoms with Gasteiger partial charge in [-0.15, -0.1) is 4.98 Å². The molecule has 0 unspecified atom stereocenters. The Morgan fingerprint density at radius 2 is 2.03 bits per heavy atom. The van der Waals surface area contributed by atoms with Crippen LogP contribution in [0.2, 0.25) is 0 Å². The van der Waals surface area contributed by atoms with E-state index >= 15 is 0 Å². The van der Waals surface area contributed by atoms with Crippen LogP contribution in [0.25, 0.3) is 38.1 Å². The normalized spacial score (nSPS) is 15.0. The van der Waals surface area contributed by atoms with Crippen LogP contribution < -0.4 is 0 Å². The van der Waals surface area contributed by atoms with E-state index in [2.05, 4.69) is 19.9 Å². The van der Waals surface area contributed by atoms with Gasteiger partial charge in [-0.25, -0.2) is 4.39 Å². The maximum atomic E-state index is 14.5. The van der Waals surface area contributed by atoms with Crippen LogP contribution >= 0.6 is 0 Å². The van der Waals surface area contributed by atoms with Gasteiger partial charge in [-0.3, -0.25) is 9.67 Å². The molecule has 1 fully saturated rings. The smallest absolute Gasteiger partial charge is 0.270 e. The number of hydrogen-bond acceptors (Lipinski definition) is 3. The van der Waals surface area contributed by atoms with Crippen molar-refractivity contribution in [3.8, 4) is 22.4 Å². The third-order valence-corrected chi connectivity index (χ3v) is 5.51. The van der Waals surface area contributed by atoms with Gasteiger partial charge in [0.2, 0.25) is 0 Å². The summed E-state index contributed by atoms with van der Waals surface area (Å²) in [5.74, 6) is 0.328. The Labute approximate surface area is 167 Å². The fraction of sp³-hybridized carbons (Fsp3) is 0.217. The fourth-order valence-electron chi connectivity index (χ4n) is 3.78. The van der Waals surface area contributed by atoms with Crippen LogP contribution in [0.5, 0.6) is 0 Å². The van der Waals surface area contributed by atoms with Gasteiger partial charge < -0.3 is 4.85 Å². The molecule has 0 aliphatic heterocycles. The van der Waals surface area contributed by atoms with Gasteiger partial charge in [-0.05, 0) is 43.5 Å². The highest BCUT2D eigenvalue weighted by molar-refractivity contribution is 5.88. The summed E-state index contributed by atoms with van der Waals surface area (Å²) in [5, 5.41) is 5.41. The zero-order valence-electron chi connectivity index (χ0n) is 15.7. The van der Waals surface area contributed by atoms with Crippen molar-refractivity contribution in [2.24, 2.45) is 0 Å². The second-order valence-corrected chi connectivity index (χ2v) is 7.52. The molecule has 0 amide bonds. The van der Waals surface area contributed by atoms with Gasteiger partial charge in [-0.1, -0.05) is 24.8 Å². The van der Waals surface area contributed by atoms with Crippen molar-refractivity contribution < 1.29 is 4.39 Å². The van der Waals surface area contributed by atoms with Gasteiger partial charge >= 0.3 is 0 Å². The SMILES string of the molecule is [C-]#[N+]c1ccc(-c2cnn(CC3(F)CCC3)c2)c(-c2ccc3cccnc3c2)n1. The lowest BCUT2D eigenvalue weighted by molar-refractivity contribution is 0.0405. The van der Waals surface area contributed by atoms with Crippen molar-refractivity contribution >= 4 is 16.7 Å². The third-order valence-electron chi connectivity index (χ3n) is 5.51. The molecule has 0 radical (unpaired) electrons. The molecule has 0 atom stereocenters. The van der Waals surface area contributed by atoms with Crippen LogP contribution in [0.1, 0.15) is 19.3 Å². The Hall–Kier alpha value is -3.59. The lowest BCUT2D eigenvalue weighted by Gasteiger charge is -2.33. The fourth-order valence-corrected chi connectivity index (χ4v) is 3.78. The van der Waals surface area contributed by atoms with Crippen LogP contribution in [0.3, 0.4) is 0 Å². The minimum absolute atomic E-state index is 0.274. The lowest BCUT2D eigenvalue weighted by Crippen LogP contribution is -2.36. The number of hydrogen-bond donors (Lipinski definition) is 0. The summed E-state index contributed by atoms with van der Waals surface area (Å²) in [5.41, 5.74) is 3.02. The molecule has 3 aromatic heterocycles. The summed E-state index contributed by atoms with van der Waals surface area (Å²) in [7, 11) is 0. The van der Waals surface area contributed by atoms with E-state index in [1.54, 1.807) is 23.1 Å². The lowest BCUT2D eigenvalue weighted by atomic mass is 9.82. The monoisotopic (exact) mass is 383 g/mol. The summed E-state index contributed by atoms with van der Waals surface area (Å²) in [6, 6.07) is 13.5. The number of benzene rings is 1. The number of aromatic nitrogens is 4. The van der Waals surface area contributed by atoms with Gasteiger partial charge in [0.1, 0.15) is 5.67 Å². The van der Waals surface area contributed by atoms with Crippen molar-refractivity contribution in [3.63, 3.8) is 0 Å². The Morgan fingerprint density at radius 3 is 2.83 bits per heavy atom. The van der Waals surface area contributed by atoms with Gasteiger partial charge in [0, 0.05) is 34.5 Å². The van der Waals surface area contributed by atoms with Gasteiger partial charge in [0.15, 0.2) is 5.69 Å². The maximum Gasteiger partial charge on any atom is 0.270 e. The van der Waals surface area contributed by atoms with E-state index in [9.17, 15) is 4.39 Å². The minimum atomic E-state index is -1.14. The molecule has 1 aromatic carbocycles.